The average Bonchev–Trinajstić information content (AvgIpc) is 2.60. The normalized spacial score (nSPS) is 11.0. The molecule has 0 saturated heterocycles. The smallest absolute Gasteiger partial charge is 0.338 e. The van der Waals surface area contributed by atoms with Crippen LogP contribution < -0.4 is 10.5 Å². The fourth-order valence-electron chi connectivity index (χ4n) is 2.12. The SMILES string of the molecule is Cc1ccc(S(N)(=O)=O)cc1C(=O)OCC(=O)Nc1cc([N+](=O)[O-])ccc1F. The number of rotatable bonds is 6. The number of nitrogens with two attached hydrogens (primary N) is 1. The van der Waals surface area contributed by atoms with E-state index in [1.807, 2.05) is 0 Å². The number of esters is 1. The predicted molar refractivity (Wildman–Crippen MR) is 94.5 cm³/mol. The van der Waals surface area contributed by atoms with Gasteiger partial charge in [-0.05, 0) is 30.7 Å². The summed E-state index contributed by atoms with van der Waals surface area (Å²) in [6.07, 6.45) is 0. The van der Waals surface area contributed by atoms with Gasteiger partial charge in [-0.15, -0.1) is 0 Å². The molecule has 0 spiro atoms. The molecule has 0 heterocycles. The number of halogens is 1. The molecule has 0 saturated carbocycles. The van der Waals surface area contributed by atoms with Crippen molar-refractivity contribution in [3.05, 3.63) is 63.5 Å². The number of primary sulfonamides is 1. The molecule has 0 fully saturated rings. The van der Waals surface area contributed by atoms with Crippen molar-refractivity contribution < 1.29 is 32.1 Å². The van der Waals surface area contributed by atoms with Crippen LogP contribution in [0.25, 0.3) is 0 Å². The number of nitro benzene ring substituents is 1. The molecular formula is C16H14FN3O7S. The van der Waals surface area contributed by atoms with E-state index in [-0.39, 0.29) is 10.5 Å². The van der Waals surface area contributed by atoms with Crippen molar-refractivity contribution in [2.75, 3.05) is 11.9 Å². The third kappa shape index (κ3) is 5.08. The fourth-order valence-corrected chi connectivity index (χ4v) is 2.66. The molecule has 2 rings (SSSR count). The van der Waals surface area contributed by atoms with Crippen LogP contribution in [-0.2, 0) is 19.6 Å². The van der Waals surface area contributed by atoms with Crippen molar-refractivity contribution in [3.63, 3.8) is 0 Å². The van der Waals surface area contributed by atoms with Gasteiger partial charge in [0.1, 0.15) is 5.82 Å². The van der Waals surface area contributed by atoms with E-state index in [4.69, 9.17) is 9.88 Å². The zero-order valence-electron chi connectivity index (χ0n) is 14.3. The standard InChI is InChI=1S/C16H14FN3O7S/c1-9-2-4-11(28(18,25)26)7-12(9)16(22)27-8-15(21)19-14-6-10(20(23)24)3-5-13(14)17/h2-7H,8H2,1H3,(H,19,21)(H2,18,25,26). The second-order valence-corrected chi connectivity index (χ2v) is 7.13. The van der Waals surface area contributed by atoms with Crippen LogP contribution in [0, 0.1) is 22.9 Å². The van der Waals surface area contributed by atoms with Crippen molar-refractivity contribution in [1.82, 2.24) is 0 Å². The summed E-state index contributed by atoms with van der Waals surface area (Å²) in [5.74, 6) is -2.87. The maximum atomic E-state index is 13.7. The van der Waals surface area contributed by atoms with Crippen LogP contribution in [0.1, 0.15) is 15.9 Å². The summed E-state index contributed by atoms with van der Waals surface area (Å²) in [4.78, 5) is 33.6. The first kappa shape index (κ1) is 20.9. The lowest BCUT2D eigenvalue weighted by molar-refractivity contribution is -0.384. The summed E-state index contributed by atoms with van der Waals surface area (Å²) >= 11 is 0. The van der Waals surface area contributed by atoms with E-state index in [0.717, 1.165) is 24.3 Å². The number of amides is 1. The number of non-ortho nitro benzene ring substituents is 1. The highest BCUT2D eigenvalue weighted by Crippen LogP contribution is 2.21. The summed E-state index contributed by atoms with van der Waals surface area (Å²) in [6, 6.07) is 6.10. The minimum absolute atomic E-state index is 0.124. The quantitative estimate of drug-likeness (QED) is 0.414. The largest absolute Gasteiger partial charge is 0.452 e. The van der Waals surface area contributed by atoms with Crippen LogP contribution in [0.3, 0.4) is 0 Å². The summed E-state index contributed by atoms with van der Waals surface area (Å²) < 4.78 is 41.2. The van der Waals surface area contributed by atoms with Gasteiger partial charge in [-0.2, -0.15) is 0 Å². The monoisotopic (exact) mass is 411 g/mol. The second-order valence-electron chi connectivity index (χ2n) is 5.57. The lowest BCUT2D eigenvalue weighted by atomic mass is 10.1. The van der Waals surface area contributed by atoms with Gasteiger partial charge < -0.3 is 10.1 Å². The number of benzene rings is 2. The van der Waals surface area contributed by atoms with Crippen LogP contribution in [0.4, 0.5) is 15.8 Å². The molecule has 0 aliphatic rings. The number of carbonyl (C=O) groups excluding carboxylic acids is 2. The minimum atomic E-state index is -4.05. The molecule has 0 atom stereocenters. The highest BCUT2D eigenvalue weighted by Gasteiger charge is 2.18. The Morgan fingerprint density at radius 2 is 1.93 bits per heavy atom. The van der Waals surface area contributed by atoms with E-state index in [0.29, 0.717) is 5.56 Å². The van der Waals surface area contributed by atoms with Crippen molar-refractivity contribution >= 4 is 33.3 Å². The van der Waals surface area contributed by atoms with Crippen LogP contribution >= 0.6 is 0 Å². The molecule has 0 radical (unpaired) electrons. The number of hydrogen-bond acceptors (Lipinski definition) is 7. The molecule has 2 aromatic rings. The highest BCUT2D eigenvalue weighted by molar-refractivity contribution is 7.89. The first-order valence-electron chi connectivity index (χ1n) is 7.53. The Hall–Kier alpha value is -3.38. The zero-order valence-corrected chi connectivity index (χ0v) is 15.2. The number of nitrogens with zero attached hydrogens (tertiary/aromatic N) is 1. The molecule has 12 heteroatoms. The molecule has 0 bridgehead atoms. The zero-order chi connectivity index (χ0) is 21.1. The molecule has 1 amide bonds. The summed E-state index contributed by atoms with van der Waals surface area (Å²) in [5.41, 5.74) is -0.643. The predicted octanol–water partition coefficient (Wildman–Crippen LogP) is 1.49. The van der Waals surface area contributed by atoms with E-state index >= 15 is 0 Å². The Morgan fingerprint density at radius 3 is 2.54 bits per heavy atom. The summed E-state index contributed by atoms with van der Waals surface area (Å²) in [6.45, 7) is 0.683. The van der Waals surface area contributed by atoms with Gasteiger partial charge in [0.05, 0.1) is 21.1 Å². The number of ether oxygens (including phenoxy) is 1. The van der Waals surface area contributed by atoms with Crippen molar-refractivity contribution in [2.24, 2.45) is 5.14 Å². The van der Waals surface area contributed by atoms with Crippen molar-refractivity contribution in [3.8, 4) is 0 Å². The Morgan fingerprint density at radius 1 is 1.25 bits per heavy atom. The second kappa shape index (κ2) is 8.10. The number of aryl methyl sites for hydroxylation is 1. The number of hydrogen-bond donors (Lipinski definition) is 2. The molecule has 148 valence electrons. The molecular weight excluding hydrogens is 397 g/mol. The van der Waals surface area contributed by atoms with Gasteiger partial charge in [0.15, 0.2) is 6.61 Å². The number of sulfonamides is 1. The van der Waals surface area contributed by atoms with Crippen LogP contribution in [0.2, 0.25) is 0 Å². The van der Waals surface area contributed by atoms with Crippen molar-refractivity contribution in [2.45, 2.75) is 11.8 Å². The first-order chi connectivity index (χ1) is 13.0. The van der Waals surface area contributed by atoms with Crippen LogP contribution in [-0.4, -0.2) is 31.8 Å². The third-order valence-electron chi connectivity index (χ3n) is 3.53. The molecule has 0 aromatic heterocycles. The van der Waals surface area contributed by atoms with Gasteiger partial charge >= 0.3 is 5.97 Å². The van der Waals surface area contributed by atoms with Crippen LogP contribution in [0.5, 0.6) is 0 Å². The fraction of sp³-hybridized carbons (Fsp3) is 0.125. The average molecular weight is 411 g/mol. The highest BCUT2D eigenvalue weighted by atomic mass is 32.2. The number of nitrogens with one attached hydrogen (secondary N) is 1. The van der Waals surface area contributed by atoms with Crippen LogP contribution in [0.15, 0.2) is 41.3 Å². The van der Waals surface area contributed by atoms with Gasteiger partial charge in [-0.3, -0.25) is 14.9 Å². The molecule has 10 nitrogen and oxygen atoms in total. The Kier molecular flexibility index (Phi) is 6.06. The maximum absolute atomic E-state index is 13.7. The number of nitro groups is 1. The maximum Gasteiger partial charge on any atom is 0.338 e. The minimum Gasteiger partial charge on any atom is -0.452 e. The van der Waals surface area contributed by atoms with Gasteiger partial charge in [0, 0.05) is 12.1 Å². The topological polar surface area (TPSA) is 159 Å². The lowest BCUT2D eigenvalue weighted by Gasteiger charge is -2.09. The molecule has 28 heavy (non-hydrogen) atoms. The lowest BCUT2D eigenvalue weighted by Crippen LogP contribution is -2.22. The Labute approximate surface area is 158 Å². The molecule has 0 aliphatic heterocycles. The first-order valence-corrected chi connectivity index (χ1v) is 9.08. The summed E-state index contributed by atoms with van der Waals surface area (Å²) in [5, 5.41) is 17.8. The summed E-state index contributed by atoms with van der Waals surface area (Å²) in [7, 11) is -4.05. The third-order valence-corrected chi connectivity index (χ3v) is 4.44. The molecule has 0 aliphatic carbocycles. The van der Waals surface area contributed by atoms with E-state index < -0.39 is 50.6 Å². The van der Waals surface area contributed by atoms with E-state index in [2.05, 4.69) is 5.32 Å². The van der Waals surface area contributed by atoms with E-state index in [1.165, 1.54) is 19.1 Å². The molecule has 3 N–H and O–H groups in total. The Balaban J connectivity index is 2.09. The Bertz CT molecular complexity index is 1070. The van der Waals surface area contributed by atoms with Crippen molar-refractivity contribution in [1.29, 1.82) is 0 Å². The van der Waals surface area contributed by atoms with Gasteiger partial charge in [0.2, 0.25) is 10.0 Å². The van der Waals surface area contributed by atoms with E-state index in [9.17, 15) is 32.5 Å². The van der Waals surface area contributed by atoms with E-state index in [1.54, 1.807) is 0 Å². The van der Waals surface area contributed by atoms with Gasteiger partial charge in [-0.25, -0.2) is 22.7 Å². The van der Waals surface area contributed by atoms with Gasteiger partial charge in [0.25, 0.3) is 11.6 Å². The molecule has 0 unspecified atom stereocenters. The van der Waals surface area contributed by atoms with Gasteiger partial charge in [-0.1, -0.05) is 6.07 Å². The number of carbonyl (C=O) groups is 2. The molecule has 2 aromatic carbocycles. The number of anilines is 1.